The molecule has 2 rings (SSSR count). The Morgan fingerprint density at radius 1 is 1.12 bits per heavy atom. The van der Waals surface area contributed by atoms with Gasteiger partial charge in [-0.25, -0.2) is 0 Å². The number of pyridine rings is 1. The number of carbonyl (C=O) groups is 1. The summed E-state index contributed by atoms with van der Waals surface area (Å²) in [6, 6.07) is 9.76. The van der Waals surface area contributed by atoms with Crippen LogP contribution in [0.15, 0.2) is 42.7 Å². The van der Waals surface area contributed by atoms with E-state index in [1.165, 1.54) is 5.56 Å². The molecule has 0 aliphatic carbocycles. The number of amides is 1. The predicted molar refractivity (Wildman–Crippen MR) is 99.8 cm³/mol. The topological polar surface area (TPSA) is 57.3 Å². The molecule has 0 saturated heterocycles. The first-order valence-electron chi connectivity index (χ1n) is 8.20. The Bertz CT molecular complexity index is 665. The van der Waals surface area contributed by atoms with Crippen LogP contribution in [0.5, 0.6) is 0 Å². The number of likely N-dealkylation sites (N-methyl/N-ethyl adjacent to an activating group) is 1. The van der Waals surface area contributed by atoms with E-state index < -0.39 is 0 Å². The van der Waals surface area contributed by atoms with E-state index in [0.717, 1.165) is 24.5 Å². The van der Waals surface area contributed by atoms with Crippen molar-refractivity contribution in [2.45, 2.75) is 19.8 Å². The Kier molecular flexibility index (Phi) is 6.32. The lowest BCUT2D eigenvalue weighted by Gasteiger charge is -2.12. The van der Waals surface area contributed by atoms with E-state index in [9.17, 15) is 4.79 Å². The fourth-order valence-corrected chi connectivity index (χ4v) is 2.24. The Morgan fingerprint density at radius 2 is 1.83 bits per heavy atom. The largest absolute Gasteiger partial charge is 0.382 e. The van der Waals surface area contributed by atoms with Crippen LogP contribution in [0.2, 0.25) is 0 Å². The van der Waals surface area contributed by atoms with Gasteiger partial charge in [0.05, 0.1) is 11.3 Å². The van der Waals surface area contributed by atoms with Crippen LogP contribution < -0.4 is 10.6 Å². The van der Waals surface area contributed by atoms with E-state index in [4.69, 9.17) is 0 Å². The van der Waals surface area contributed by atoms with Crippen LogP contribution in [0, 0.1) is 0 Å². The highest BCUT2D eigenvalue weighted by Gasteiger charge is 2.08. The summed E-state index contributed by atoms with van der Waals surface area (Å²) in [4.78, 5) is 18.6. The maximum atomic E-state index is 12.4. The van der Waals surface area contributed by atoms with Crippen LogP contribution in [-0.2, 0) is 0 Å². The molecule has 24 heavy (non-hydrogen) atoms. The van der Waals surface area contributed by atoms with Crippen molar-refractivity contribution in [2.75, 3.05) is 37.8 Å². The Labute approximate surface area is 144 Å². The Hall–Kier alpha value is -2.40. The number of nitrogens with zero attached hydrogens (tertiary/aromatic N) is 2. The van der Waals surface area contributed by atoms with Gasteiger partial charge < -0.3 is 15.5 Å². The fraction of sp³-hybridized carbons (Fsp3) is 0.368. The number of hydrogen-bond acceptors (Lipinski definition) is 4. The lowest BCUT2D eigenvalue weighted by molar-refractivity contribution is 0.102. The van der Waals surface area contributed by atoms with Crippen LogP contribution in [0.1, 0.15) is 35.7 Å². The predicted octanol–water partition coefficient (Wildman–Crippen LogP) is 3.43. The number of aromatic nitrogens is 1. The van der Waals surface area contributed by atoms with Crippen LogP contribution in [-0.4, -0.2) is 43.0 Å². The zero-order valence-corrected chi connectivity index (χ0v) is 14.8. The third kappa shape index (κ3) is 5.35. The van der Waals surface area contributed by atoms with Crippen LogP contribution in [0.4, 0.5) is 11.4 Å². The second-order valence-electron chi connectivity index (χ2n) is 6.42. The van der Waals surface area contributed by atoms with Gasteiger partial charge in [-0.3, -0.25) is 9.78 Å². The van der Waals surface area contributed by atoms with Crippen molar-refractivity contribution in [1.82, 2.24) is 9.88 Å². The zero-order chi connectivity index (χ0) is 17.5. The van der Waals surface area contributed by atoms with Crippen LogP contribution in [0.25, 0.3) is 0 Å². The van der Waals surface area contributed by atoms with Gasteiger partial charge in [-0.1, -0.05) is 26.0 Å². The number of nitrogens with one attached hydrogen (secondary N) is 2. The smallest absolute Gasteiger partial charge is 0.257 e. The molecule has 0 spiro atoms. The number of anilines is 2. The van der Waals surface area contributed by atoms with Gasteiger partial charge in [0, 0.05) is 31.2 Å². The third-order valence-corrected chi connectivity index (χ3v) is 3.72. The van der Waals surface area contributed by atoms with E-state index in [0.29, 0.717) is 11.5 Å². The molecule has 1 amide bonds. The van der Waals surface area contributed by atoms with Crippen molar-refractivity contribution in [3.8, 4) is 0 Å². The van der Waals surface area contributed by atoms with Crippen molar-refractivity contribution in [3.63, 3.8) is 0 Å². The molecule has 5 heteroatoms. The minimum Gasteiger partial charge on any atom is -0.382 e. The molecule has 0 fully saturated rings. The number of rotatable bonds is 7. The quantitative estimate of drug-likeness (QED) is 0.818. The van der Waals surface area contributed by atoms with E-state index in [2.05, 4.69) is 34.4 Å². The minimum atomic E-state index is -0.156. The van der Waals surface area contributed by atoms with E-state index in [1.807, 2.05) is 44.4 Å². The molecule has 1 aromatic carbocycles. The SMILES string of the molecule is CC(C)c1ccc(NC(=O)c2cncc(NCCN(C)C)c2)cc1. The van der Waals surface area contributed by atoms with Gasteiger partial charge in [0.15, 0.2) is 0 Å². The van der Waals surface area contributed by atoms with Gasteiger partial charge in [0.25, 0.3) is 5.91 Å². The summed E-state index contributed by atoms with van der Waals surface area (Å²) < 4.78 is 0. The van der Waals surface area contributed by atoms with Crippen molar-refractivity contribution in [2.24, 2.45) is 0 Å². The second-order valence-corrected chi connectivity index (χ2v) is 6.42. The summed E-state index contributed by atoms with van der Waals surface area (Å²) >= 11 is 0. The Balaban J connectivity index is 1.99. The summed E-state index contributed by atoms with van der Waals surface area (Å²) in [5.74, 6) is 0.319. The molecule has 0 aliphatic heterocycles. The standard InChI is InChI=1S/C19H26N4O/c1-14(2)15-5-7-17(8-6-15)22-19(24)16-11-18(13-20-12-16)21-9-10-23(3)4/h5-8,11-14,21H,9-10H2,1-4H3,(H,22,24). The first-order chi connectivity index (χ1) is 11.5. The highest BCUT2D eigenvalue weighted by atomic mass is 16.1. The molecular formula is C19H26N4O. The Morgan fingerprint density at radius 3 is 2.46 bits per heavy atom. The van der Waals surface area contributed by atoms with Crippen LogP contribution >= 0.6 is 0 Å². The first-order valence-corrected chi connectivity index (χ1v) is 8.20. The highest BCUT2D eigenvalue weighted by molar-refractivity contribution is 6.04. The molecule has 0 saturated carbocycles. The van der Waals surface area contributed by atoms with Crippen LogP contribution in [0.3, 0.4) is 0 Å². The lowest BCUT2D eigenvalue weighted by Crippen LogP contribution is -2.21. The summed E-state index contributed by atoms with van der Waals surface area (Å²) in [7, 11) is 4.04. The fourth-order valence-electron chi connectivity index (χ4n) is 2.24. The van der Waals surface area contributed by atoms with E-state index in [-0.39, 0.29) is 5.91 Å². The summed E-state index contributed by atoms with van der Waals surface area (Å²) in [5, 5.41) is 6.18. The molecule has 0 unspecified atom stereocenters. The second kappa shape index (κ2) is 8.45. The van der Waals surface area contributed by atoms with Crippen molar-refractivity contribution in [3.05, 3.63) is 53.9 Å². The number of benzene rings is 1. The van der Waals surface area contributed by atoms with Gasteiger partial charge in [-0.15, -0.1) is 0 Å². The summed E-state index contributed by atoms with van der Waals surface area (Å²) in [5.41, 5.74) is 3.43. The van der Waals surface area contributed by atoms with Gasteiger partial charge >= 0.3 is 0 Å². The maximum absolute atomic E-state index is 12.4. The summed E-state index contributed by atoms with van der Waals surface area (Å²) in [6.45, 7) is 6.01. The van der Waals surface area contributed by atoms with Crippen molar-refractivity contribution >= 4 is 17.3 Å². The number of carbonyl (C=O) groups excluding carboxylic acids is 1. The zero-order valence-electron chi connectivity index (χ0n) is 14.8. The number of hydrogen-bond donors (Lipinski definition) is 2. The van der Waals surface area contributed by atoms with Gasteiger partial charge in [-0.05, 0) is 43.8 Å². The average Bonchev–Trinajstić information content (AvgIpc) is 2.55. The molecule has 0 atom stereocenters. The van der Waals surface area contributed by atoms with E-state index >= 15 is 0 Å². The van der Waals surface area contributed by atoms with Gasteiger partial charge in [-0.2, -0.15) is 0 Å². The van der Waals surface area contributed by atoms with Gasteiger partial charge in [0.2, 0.25) is 0 Å². The summed E-state index contributed by atoms with van der Waals surface area (Å²) in [6.07, 6.45) is 3.30. The average molecular weight is 326 g/mol. The van der Waals surface area contributed by atoms with E-state index in [1.54, 1.807) is 12.4 Å². The molecule has 1 heterocycles. The first kappa shape index (κ1) is 17.9. The van der Waals surface area contributed by atoms with Crippen molar-refractivity contribution < 1.29 is 4.79 Å². The lowest BCUT2D eigenvalue weighted by atomic mass is 10.0. The molecule has 0 bridgehead atoms. The van der Waals surface area contributed by atoms with Gasteiger partial charge in [0.1, 0.15) is 0 Å². The highest BCUT2D eigenvalue weighted by Crippen LogP contribution is 2.18. The molecule has 0 radical (unpaired) electrons. The molecule has 0 aliphatic rings. The monoisotopic (exact) mass is 326 g/mol. The molecule has 2 N–H and O–H groups in total. The molecular weight excluding hydrogens is 300 g/mol. The molecule has 128 valence electrons. The molecule has 1 aromatic heterocycles. The molecule has 5 nitrogen and oxygen atoms in total. The van der Waals surface area contributed by atoms with Crippen molar-refractivity contribution in [1.29, 1.82) is 0 Å². The third-order valence-electron chi connectivity index (χ3n) is 3.72. The normalized spacial score (nSPS) is 10.9. The minimum absolute atomic E-state index is 0.156. The maximum Gasteiger partial charge on any atom is 0.257 e. The molecule has 2 aromatic rings.